The molecule has 0 radical (unpaired) electrons. The van der Waals surface area contributed by atoms with Crippen molar-refractivity contribution < 1.29 is 4.74 Å². The molecule has 0 unspecified atom stereocenters. The van der Waals surface area contributed by atoms with Gasteiger partial charge in [-0.25, -0.2) is 0 Å². The zero-order chi connectivity index (χ0) is 13.2. The van der Waals surface area contributed by atoms with E-state index in [4.69, 9.17) is 4.74 Å². The van der Waals surface area contributed by atoms with E-state index in [0.29, 0.717) is 0 Å². The van der Waals surface area contributed by atoms with E-state index in [9.17, 15) is 0 Å². The van der Waals surface area contributed by atoms with Gasteiger partial charge < -0.3 is 4.74 Å². The lowest BCUT2D eigenvalue weighted by atomic mass is 10.1. The van der Waals surface area contributed by atoms with Crippen molar-refractivity contribution in [3.63, 3.8) is 0 Å². The Morgan fingerprint density at radius 3 is 2.39 bits per heavy atom. The van der Waals surface area contributed by atoms with Crippen molar-refractivity contribution in [1.82, 2.24) is 0 Å². The van der Waals surface area contributed by atoms with Crippen LogP contribution in [0.2, 0.25) is 0 Å². The number of hydrogen-bond donors (Lipinski definition) is 0. The van der Waals surface area contributed by atoms with Gasteiger partial charge in [0.1, 0.15) is 5.75 Å². The van der Waals surface area contributed by atoms with E-state index >= 15 is 0 Å². The van der Waals surface area contributed by atoms with Crippen LogP contribution in [0.1, 0.15) is 57.4 Å². The number of unbranched alkanes of at least 4 members (excludes halogenated alkanes) is 6. The molecule has 0 aliphatic carbocycles. The first-order valence-corrected chi connectivity index (χ1v) is 7.93. The fraction of sp³-hybridized carbons (Fsp3) is 0.625. The smallest absolute Gasteiger partial charge is 0.123 e. The zero-order valence-corrected chi connectivity index (χ0v) is 13.3. The third kappa shape index (κ3) is 5.90. The molecular weight excluding hydrogens is 288 g/mol. The molecule has 0 saturated carbocycles. The van der Waals surface area contributed by atoms with Gasteiger partial charge in [-0.15, -0.1) is 0 Å². The van der Waals surface area contributed by atoms with Gasteiger partial charge in [-0.05, 0) is 25.5 Å². The molecule has 18 heavy (non-hydrogen) atoms. The SMILES string of the molecule is CCCCCCCCCOc1cccc(Br)c1C. The lowest BCUT2D eigenvalue weighted by molar-refractivity contribution is 0.302. The summed E-state index contributed by atoms with van der Waals surface area (Å²) in [5, 5.41) is 0. The maximum Gasteiger partial charge on any atom is 0.123 e. The minimum absolute atomic E-state index is 0.838. The highest BCUT2D eigenvalue weighted by molar-refractivity contribution is 9.10. The second-order valence-corrected chi connectivity index (χ2v) is 5.69. The third-order valence-electron chi connectivity index (χ3n) is 3.22. The van der Waals surface area contributed by atoms with Gasteiger partial charge in [-0.2, -0.15) is 0 Å². The van der Waals surface area contributed by atoms with Crippen LogP contribution < -0.4 is 4.74 Å². The van der Waals surface area contributed by atoms with Gasteiger partial charge in [-0.3, -0.25) is 0 Å². The molecule has 1 nitrogen and oxygen atoms in total. The minimum atomic E-state index is 0.838. The highest BCUT2D eigenvalue weighted by Crippen LogP contribution is 2.25. The number of ether oxygens (including phenoxy) is 1. The summed E-state index contributed by atoms with van der Waals surface area (Å²) in [6.07, 6.45) is 9.28. The molecule has 0 aliphatic heterocycles. The highest BCUT2D eigenvalue weighted by atomic mass is 79.9. The average Bonchev–Trinajstić information content (AvgIpc) is 2.37. The second kappa shape index (κ2) is 9.43. The number of hydrogen-bond acceptors (Lipinski definition) is 1. The van der Waals surface area contributed by atoms with Crippen molar-refractivity contribution in [3.8, 4) is 5.75 Å². The van der Waals surface area contributed by atoms with Crippen molar-refractivity contribution in [3.05, 3.63) is 28.2 Å². The average molecular weight is 313 g/mol. The molecule has 0 amide bonds. The summed E-state index contributed by atoms with van der Waals surface area (Å²) in [6, 6.07) is 6.12. The molecule has 1 aromatic rings. The second-order valence-electron chi connectivity index (χ2n) is 4.83. The van der Waals surface area contributed by atoms with Crippen LogP contribution in [0.5, 0.6) is 5.75 Å². The molecule has 1 rings (SSSR count). The van der Waals surface area contributed by atoms with Gasteiger partial charge in [-0.1, -0.05) is 67.4 Å². The van der Waals surface area contributed by atoms with E-state index in [1.54, 1.807) is 0 Å². The first-order valence-electron chi connectivity index (χ1n) is 7.13. The molecular formula is C16H25BrO. The fourth-order valence-corrected chi connectivity index (χ4v) is 2.33. The summed E-state index contributed by atoms with van der Waals surface area (Å²) in [5.41, 5.74) is 1.19. The van der Waals surface area contributed by atoms with E-state index in [-0.39, 0.29) is 0 Å². The number of halogens is 1. The molecule has 2 heteroatoms. The van der Waals surface area contributed by atoms with Crippen LogP contribution in [0.25, 0.3) is 0 Å². The topological polar surface area (TPSA) is 9.23 Å². The summed E-state index contributed by atoms with van der Waals surface area (Å²) >= 11 is 3.52. The van der Waals surface area contributed by atoms with Crippen LogP contribution in [-0.2, 0) is 0 Å². The Balaban J connectivity index is 2.09. The largest absolute Gasteiger partial charge is 0.493 e. The predicted octanol–water partition coefficient (Wildman–Crippen LogP) is 5.89. The summed E-state index contributed by atoms with van der Waals surface area (Å²) in [6.45, 7) is 5.18. The van der Waals surface area contributed by atoms with E-state index in [1.807, 2.05) is 12.1 Å². The minimum Gasteiger partial charge on any atom is -0.493 e. The van der Waals surface area contributed by atoms with Crippen LogP contribution in [0.3, 0.4) is 0 Å². The Bertz CT molecular complexity index is 336. The van der Waals surface area contributed by atoms with Gasteiger partial charge >= 0.3 is 0 Å². The van der Waals surface area contributed by atoms with Crippen molar-refractivity contribution in [2.24, 2.45) is 0 Å². The Morgan fingerprint density at radius 1 is 1.00 bits per heavy atom. The van der Waals surface area contributed by atoms with Gasteiger partial charge in [0, 0.05) is 10.0 Å². The quantitative estimate of drug-likeness (QED) is 0.517. The van der Waals surface area contributed by atoms with Gasteiger partial charge in [0.2, 0.25) is 0 Å². The summed E-state index contributed by atoms with van der Waals surface area (Å²) in [4.78, 5) is 0. The van der Waals surface area contributed by atoms with Crippen molar-refractivity contribution in [2.45, 2.75) is 58.8 Å². The summed E-state index contributed by atoms with van der Waals surface area (Å²) < 4.78 is 6.94. The first-order chi connectivity index (χ1) is 8.75. The third-order valence-corrected chi connectivity index (χ3v) is 4.08. The van der Waals surface area contributed by atoms with Gasteiger partial charge in [0.15, 0.2) is 0 Å². The Hall–Kier alpha value is -0.500. The summed E-state index contributed by atoms with van der Waals surface area (Å²) in [7, 11) is 0. The molecule has 0 N–H and O–H groups in total. The van der Waals surface area contributed by atoms with Crippen LogP contribution >= 0.6 is 15.9 Å². The van der Waals surface area contributed by atoms with Crippen molar-refractivity contribution >= 4 is 15.9 Å². The van der Waals surface area contributed by atoms with Crippen molar-refractivity contribution in [2.75, 3.05) is 6.61 Å². The monoisotopic (exact) mass is 312 g/mol. The standard InChI is InChI=1S/C16H25BrO/c1-3-4-5-6-7-8-9-13-18-16-12-10-11-15(17)14(16)2/h10-12H,3-9,13H2,1-2H3. The molecule has 0 atom stereocenters. The molecule has 0 bridgehead atoms. The van der Waals surface area contributed by atoms with E-state index in [0.717, 1.165) is 23.2 Å². The van der Waals surface area contributed by atoms with Crippen LogP contribution in [0.4, 0.5) is 0 Å². The molecule has 0 aliphatic rings. The van der Waals surface area contributed by atoms with Gasteiger partial charge in [0.25, 0.3) is 0 Å². The maximum atomic E-state index is 5.82. The van der Waals surface area contributed by atoms with Crippen LogP contribution in [0, 0.1) is 6.92 Å². The highest BCUT2D eigenvalue weighted by Gasteiger charge is 2.01. The molecule has 0 aromatic heterocycles. The normalized spacial score (nSPS) is 10.6. The summed E-state index contributed by atoms with van der Waals surface area (Å²) in [5.74, 6) is 1.01. The lowest BCUT2D eigenvalue weighted by Gasteiger charge is -2.10. The van der Waals surface area contributed by atoms with E-state index < -0.39 is 0 Å². The Morgan fingerprint density at radius 2 is 1.67 bits per heavy atom. The maximum absolute atomic E-state index is 5.82. The molecule has 0 saturated heterocycles. The molecule has 0 fully saturated rings. The Kier molecular flexibility index (Phi) is 8.15. The van der Waals surface area contributed by atoms with E-state index in [1.165, 1.54) is 44.1 Å². The Labute approximate surface area is 120 Å². The lowest BCUT2D eigenvalue weighted by Crippen LogP contribution is -1.99. The zero-order valence-electron chi connectivity index (χ0n) is 11.7. The fourth-order valence-electron chi connectivity index (χ4n) is 1.99. The molecule has 1 aromatic carbocycles. The number of benzene rings is 1. The van der Waals surface area contributed by atoms with Crippen LogP contribution in [-0.4, -0.2) is 6.61 Å². The van der Waals surface area contributed by atoms with E-state index in [2.05, 4.69) is 35.8 Å². The molecule has 0 spiro atoms. The number of rotatable bonds is 9. The van der Waals surface area contributed by atoms with Crippen molar-refractivity contribution in [1.29, 1.82) is 0 Å². The molecule has 0 heterocycles. The first kappa shape index (κ1) is 15.6. The predicted molar refractivity (Wildman–Crippen MR) is 82.4 cm³/mol. The molecule has 102 valence electrons. The van der Waals surface area contributed by atoms with Gasteiger partial charge in [0.05, 0.1) is 6.61 Å². The van der Waals surface area contributed by atoms with Crippen LogP contribution in [0.15, 0.2) is 22.7 Å².